The Morgan fingerprint density at radius 3 is 2.19 bits per heavy atom. The molecule has 2 aromatic carbocycles. The van der Waals surface area contributed by atoms with Crippen molar-refractivity contribution in [2.45, 2.75) is 32.6 Å². The maximum Gasteiger partial charge on any atom is 0.246 e. The Labute approximate surface area is 162 Å². The number of aryl methyl sites for hydroxylation is 3. The monoisotopic (exact) mass is 388 g/mol. The van der Waals surface area contributed by atoms with Crippen LogP contribution in [0.1, 0.15) is 23.6 Å². The van der Waals surface area contributed by atoms with E-state index in [2.05, 4.69) is 36.9 Å². The number of anilines is 1. The number of nitrogens with zero attached hydrogens (tertiary/aromatic N) is 2. The molecule has 1 heterocycles. The molecule has 0 N–H and O–H groups in total. The zero-order valence-corrected chi connectivity index (χ0v) is 17.3. The highest BCUT2D eigenvalue weighted by Crippen LogP contribution is 2.30. The highest BCUT2D eigenvalue weighted by atomic mass is 32.2. The van der Waals surface area contributed by atoms with Crippen LogP contribution in [0.5, 0.6) is 5.75 Å². The average Bonchev–Trinajstić information content (AvgIpc) is 2.63. The molecule has 0 spiro atoms. The van der Waals surface area contributed by atoms with Gasteiger partial charge in [0.2, 0.25) is 10.0 Å². The summed E-state index contributed by atoms with van der Waals surface area (Å²) in [4.78, 5) is 2.56. The molecule has 6 heteroatoms. The fraction of sp³-hybridized carbons (Fsp3) is 0.429. The van der Waals surface area contributed by atoms with Gasteiger partial charge in [0.15, 0.2) is 0 Å². The Morgan fingerprint density at radius 1 is 0.963 bits per heavy atom. The summed E-state index contributed by atoms with van der Waals surface area (Å²) < 4.78 is 33.6. The molecule has 2 aromatic rings. The van der Waals surface area contributed by atoms with Crippen molar-refractivity contribution < 1.29 is 13.2 Å². The number of benzene rings is 2. The fourth-order valence-electron chi connectivity index (χ4n) is 3.69. The summed E-state index contributed by atoms with van der Waals surface area (Å²) in [6.45, 7) is 10.7. The Hall–Kier alpha value is -2.05. The van der Waals surface area contributed by atoms with Gasteiger partial charge in [0, 0.05) is 31.9 Å². The number of hydrogen-bond donors (Lipinski definition) is 0. The van der Waals surface area contributed by atoms with Gasteiger partial charge in [-0.05, 0) is 56.5 Å². The normalized spacial score (nSPS) is 15.8. The summed E-state index contributed by atoms with van der Waals surface area (Å²) in [5.41, 5.74) is 4.58. The van der Waals surface area contributed by atoms with E-state index in [-0.39, 0.29) is 4.90 Å². The fourth-order valence-corrected chi connectivity index (χ4v) is 5.33. The van der Waals surface area contributed by atoms with Gasteiger partial charge in [-0.1, -0.05) is 24.3 Å². The summed E-state index contributed by atoms with van der Waals surface area (Å²) in [6, 6.07) is 11.6. The second kappa shape index (κ2) is 7.90. The van der Waals surface area contributed by atoms with E-state index in [9.17, 15) is 8.42 Å². The van der Waals surface area contributed by atoms with Crippen molar-refractivity contribution in [3.05, 3.63) is 53.1 Å². The van der Waals surface area contributed by atoms with Crippen LogP contribution in [0.15, 0.2) is 41.3 Å². The molecule has 27 heavy (non-hydrogen) atoms. The summed E-state index contributed by atoms with van der Waals surface area (Å²) >= 11 is 0. The summed E-state index contributed by atoms with van der Waals surface area (Å²) in [5.74, 6) is 0.431. The minimum Gasteiger partial charge on any atom is -0.492 e. The molecule has 1 saturated heterocycles. The molecular formula is C21H28N2O3S. The van der Waals surface area contributed by atoms with E-state index < -0.39 is 10.0 Å². The maximum absolute atomic E-state index is 13.2. The van der Waals surface area contributed by atoms with Gasteiger partial charge in [0.25, 0.3) is 0 Å². The lowest BCUT2D eigenvalue weighted by atomic mass is 10.1. The van der Waals surface area contributed by atoms with Crippen LogP contribution in [-0.2, 0) is 10.0 Å². The van der Waals surface area contributed by atoms with E-state index in [1.807, 2.05) is 19.9 Å². The van der Waals surface area contributed by atoms with Crippen molar-refractivity contribution in [1.29, 1.82) is 0 Å². The predicted octanol–water partition coefficient (Wildman–Crippen LogP) is 3.52. The largest absolute Gasteiger partial charge is 0.492 e. The lowest BCUT2D eigenvalue weighted by molar-refractivity contribution is 0.327. The van der Waals surface area contributed by atoms with Crippen LogP contribution < -0.4 is 9.64 Å². The van der Waals surface area contributed by atoms with Gasteiger partial charge in [-0.25, -0.2) is 8.42 Å². The summed E-state index contributed by atoms with van der Waals surface area (Å²) in [6.07, 6.45) is 0. The number of rotatable bonds is 5. The summed E-state index contributed by atoms with van der Waals surface area (Å²) in [5, 5.41) is 0. The highest BCUT2D eigenvalue weighted by Gasteiger charge is 2.31. The van der Waals surface area contributed by atoms with Gasteiger partial charge in [-0.2, -0.15) is 4.31 Å². The van der Waals surface area contributed by atoms with Gasteiger partial charge in [-0.15, -0.1) is 0 Å². The number of ether oxygens (including phenoxy) is 1. The topological polar surface area (TPSA) is 49.9 Å². The first-order valence-electron chi connectivity index (χ1n) is 9.39. The molecule has 0 saturated carbocycles. The van der Waals surface area contributed by atoms with Crippen LogP contribution in [0.2, 0.25) is 0 Å². The van der Waals surface area contributed by atoms with E-state index in [0.29, 0.717) is 38.5 Å². The third-order valence-electron chi connectivity index (χ3n) is 5.01. The van der Waals surface area contributed by atoms with Crippen LogP contribution >= 0.6 is 0 Å². The lowest BCUT2D eigenvalue weighted by Crippen LogP contribution is -2.49. The Bertz CT molecular complexity index is 897. The van der Waals surface area contributed by atoms with E-state index in [1.54, 1.807) is 16.4 Å². The first-order chi connectivity index (χ1) is 12.8. The van der Waals surface area contributed by atoms with Crippen LogP contribution in [0.4, 0.5) is 5.69 Å². The first-order valence-corrected chi connectivity index (χ1v) is 10.8. The average molecular weight is 389 g/mol. The molecule has 3 rings (SSSR count). The number of sulfonamides is 1. The van der Waals surface area contributed by atoms with Gasteiger partial charge in [0.05, 0.1) is 6.61 Å². The van der Waals surface area contributed by atoms with Crippen LogP contribution in [0.3, 0.4) is 0 Å². The minimum absolute atomic E-state index is 0.268. The SMILES string of the molecule is CCOc1ccc(C)cc1S(=O)(=O)N1CCN(c2c(C)cccc2C)CC1. The molecule has 0 amide bonds. The zero-order valence-electron chi connectivity index (χ0n) is 16.5. The van der Waals surface area contributed by atoms with Gasteiger partial charge in [0.1, 0.15) is 10.6 Å². The third kappa shape index (κ3) is 3.96. The summed E-state index contributed by atoms with van der Waals surface area (Å²) in [7, 11) is -3.58. The Morgan fingerprint density at radius 2 is 1.59 bits per heavy atom. The highest BCUT2D eigenvalue weighted by molar-refractivity contribution is 7.89. The predicted molar refractivity (Wildman–Crippen MR) is 109 cm³/mol. The number of para-hydroxylation sites is 1. The quantitative estimate of drug-likeness (QED) is 0.786. The number of piperazine rings is 1. The molecule has 0 unspecified atom stereocenters. The number of hydrogen-bond acceptors (Lipinski definition) is 4. The van der Waals surface area contributed by atoms with Crippen LogP contribution in [0, 0.1) is 20.8 Å². The second-order valence-electron chi connectivity index (χ2n) is 7.01. The van der Waals surface area contributed by atoms with Crippen molar-refractivity contribution in [1.82, 2.24) is 4.31 Å². The van der Waals surface area contributed by atoms with Crippen LogP contribution in [-0.4, -0.2) is 45.5 Å². The molecule has 0 aliphatic carbocycles. The molecule has 0 aromatic heterocycles. The van der Waals surface area contributed by atoms with Crippen molar-refractivity contribution in [2.75, 3.05) is 37.7 Å². The molecule has 146 valence electrons. The van der Waals surface area contributed by atoms with Crippen LogP contribution in [0.25, 0.3) is 0 Å². The second-order valence-corrected chi connectivity index (χ2v) is 8.92. The Balaban J connectivity index is 1.82. The van der Waals surface area contributed by atoms with E-state index in [4.69, 9.17) is 4.74 Å². The molecule has 1 fully saturated rings. The van der Waals surface area contributed by atoms with Gasteiger partial charge in [-0.3, -0.25) is 0 Å². The lowest BCUT2D eigenvalue weighted by Gasteiger charge is -2.37. The smallest absolute Gasteiger partial charge is 0.246 e. The van der Waals surface area contributed by atoms with Crippen molar-refractivity contribution in [3.63, 3.8) is 0 Å². The minimum atomic E-state index is -3.58. The van der Waals surface area contributed by atoms with Crippen molar-refractivity contribution >= 4 is 15.7 Å². The molecule has 5 nitrogen and oxygen atoms in total. The molecule has 1 aliphatic heterocycles. The molecule has 1 aliphatic rings. The molecule has 0 bridgehead atoms. The molecular weight excluding hydrogens is 360 g/mol. The van der Waals surface area contributed by atoms with E-state index in [0.717, 1.165) is 5.56 Å². The van der Waals surface area contributed by atoms with Crippen molar-refractivity contribution in [3.8, 4) is 5.75 Å². The van der Waals surface area contributed by atoms with Gasteiger partial charge >= 0.3 is 0 Å². The van der Waals surface area contributed by atoms with E-state index in [1.165, 1.54) is 16.8 Å². The molecule has 0 atom stereocenters. The third-order valence-corrected chi connectivity index (χ3v) is 6.93. The standard InChI is InChI=1S/C21H28N2O3S/c1-5-26-19-10-9-16(2)15-20(19)27(24,25)23-13-11-22(12-14-23)21-17(3)7-6-8-18(21)4/h6-10,15H,5,11-14H2,1-4H3. The zero-order chi connectivity index (χ0) is 19.6. The van der Waals surface area contributed by atoms with E-state index >= 15 is 0 Å². The van der Waals surface area contributed by atoms with Crippen molar-refractivity contribution in [2.24, 2.45) is 0 Å². The maximum atomic E-state index is 13.2. The molecule has 0 radical (unpaired) electrons. The van der Waals surface area contributed by atoms with Gasteiger partial charge < -0.3 is 9.64 Å². The first kappa shape index (κ1) is 19.7. The Kier molecular flexibility index (Phi) is 5.77.